The fraction of sp³-hybridized carbons (Fsp3) is 0.417. The summed E-state index contributed by atoms with van der Waals surface area (Å²) < 4.78 is 15.6. The maximum Gasteiger partial charge on any atom is 0.170 e. The largest absolute Gasteiger partial charge is 0.491 e. The number of methoxy groups -OCH3 is 1. The molecule has 1 aromatic carbocycles. The van der Waals surface area contributed by atoms with Gasteiger partial charge in [-0.2, -0.15) is 0 Å². The predicted octanol–water partition coefficient (Wildman–Crippen LogP) is 2.42. The maximum absolute atomic E-state index is 5.48. The summed E-state index contributed by atoms with van der Waals surface area (Å²) in [4.78, 5) is 0. The van der Waals surface area contributed by atoms with Crippen molar-refractivity contribution in [1.82, 2.24) is 5.16 Å². The van der Waals surface area contributed by atoms with Crippen LogP contribution in [0, 0.1) is 0 Å². The van der Waals surface area contributed by atoms with Crippen LogP contribution in [-0.2, 0) is 11.2 Å². The number of aryl methyl sites for hydroxylation is 1. The van der Waals surface area contributed by atoms with E-state index in [1.54, 1.807) is 7.11 Å². The first-order valence-corrected chi connectivity index (χ1v) is 5.35. The van der Waals surface area contributed by atoms with Gasteiger partial charge in [-0.25, -0.2) is 0 Å². The predicted molar refractivity (Wildman–Crippen MR) is 60.8 cm³/mol. The van der Waals surface area contributed by atoms with E-state index in [-0.39, 0.29) is 0 Å². The van der Waals surface area contributed by atoms with Crippen LogP contribution >= 0.6 is 0 Å². The number of rotatable bonds is 5. The van der Waals surface area contributed by atoms with Gasteiger partial charge in [-0.05, 0) is 18.6 Å². The van der Waals surface area contributed by atoms with Crippen molar-refractivity contribution in [2.24, 2.45) is 0 Å². The lowest BCUT2D eigenvalue weighted by Crippen LogP contribution is -2.03. The average molecular weight is 221 g/mol. The molecular weight excluding hydrogens is 206 g/mol. The van der Waals surface area contributed by atoms with Crippen LogP contribution in [0.2, 0.25) is 0 Å². The van der Waals surface area contributed by atoms with E-state index in [4.69, 9.17) is 14.0 Å². The van der Waals surface area contributed by atoms with Crippen molar-refractivity contribution < 1.29 is 14.0 Å². The third-order valence-electron chi connectivity index (χ3n) is 2.41. The third-order valence-corrected chi connectivity index (χ3v) is 2.41. The van der Waals surface area contributed by atoms with Crippen LogP contribution in [0.25, 0.3) is 11.0 Å². The monoisotopic (exact) mass is 221 g/mol. The van der Waals surface area contributed by atoms with Gasteiger partial charge < -0.3 is 14.0 Å². The molecule has 4 nitrogen and oxygen atoms in total. The van der Waals surface area contributed by atoms with Crippen LogP contribution in [0.4, 0.5) is 0 Å². The molecule has 0 aliphatic rings. The number of fused-ring (bicyclic) bond motifs is 1. The summed E-state index contributed by atoms with van der Waals surface area (Å²) in [6.45, 7) is 3.17. The first-order chi connectivity index (χ1) is 7.85. The molecule has 0 bridgehead atoms. The smallest absolute Gasteiger partial charge is 0.170 e. The summed E-state index contributed by atoms with van der Waals surface area (Å²) in [6.07, 6.45) is 0.872. The van der Waals surface area contributed by atoms with Crippen LogP contribution < -0.4 is 4.74 Å². The maximum atomic E-state index is 5.48. The zero-order valence-electron chi connectivity index (χ0n) is 9.53. The first kappa shape index (κ1) is 11.0. The second-order valence-electron chi connectivity index (χ2n) is 3.48. The van der Waals surface area contributed by atoms with Crippen molar-refractivity contribution >= 4 is 11.0 Å². The molecule has 0 aliphatic carbocycles. The number of benzene rings is 1. The summed E-state index contributed by atoms with van der Waals surface area (Å²) in [5.74, 6) is 0.781. The molecule has 0 N–H and O–H groups in total. The Bertz CT molecular complexity index is 464. The molecule has 1 heterocycles. The van der Waals surface area contributed by atoms with Gasteiger partial charge in [-0.3, -0.25) is 0 Å². The third kappa shape index (κ3) is 2.17. The SMILES string of the molecule is CCc1noc2cc(OCCOC)ccc12. The molecule has 0 saturated heterocycles. The number of nitrogens with zero attached hydrogens (tertiary/aromatic N) is 1. The van der Waals surface area contributed by atoms with Gasteiger partial charge in [-0.1, -0.05) is 12.1 Å². The van der Waals surface area contributed by atoms with Gasteiger partial charge >= 0.3 is 0 Å². The van der Waals surface area contributed by atoms with E-state index in [0.29, 0.717) is 13.2 Å². The molecule has 0 aliphatic heterocycles. The Morgan fingerprint density at radius 3 is 2.94 bits per heavy atom. The molecule has 1 aromatic heterocycles. The van der Waals surface area contributed by atoms with Crippen molar-refractivity contribution in [1.29, 1.82) is 0 Å². The van der Waals surface area contributed by atoms with E-state index < -0.39 is 0 Å². The molecule has 0 saturated carbocycles. The van der Waals surface area contributed by atoms with Crippen molar-refractivity contribution in [2.75, 3.05) is 20.3 Å². The number of aromatic nitrogens is 1. The summed E-state index contributed by atoms with van der Waals surface area (Å²) in [5, 5.41) is 5.05. The van der Waals surface area contributed by atoms with Crippen LogP contribution in [0.5, 0.6) is 5.75 Å². The topological polar surface area (TPSA) is 44.5 Å². The fourth-order valence-electron chi connectivity index (χ4n) is 1.56. The molecule has 0 radical (unpaired) electrons. The van der Waals surface area contributed by atoms with Crippen LogP contribution in [0.15, 0.2) is 22.7 Å². The van der Waals surface area contributed by atoms with Crippen LogP contribution in [0.1, 0.15) is 12.6 Å². The highest BCUT2D eigenvalue weighted by molar-refractivity contribution is 5.80. The number of hydrogen-bond acceptors (Lipinski definition) is 4. The van der Waals surface area contributed by atoms with Crippen LogP contribution in [-0.4, -0.2) is 25.5 Å². The minimum Gasteiger partial charge on any atom is -0.491 e. The van der Waals surface area contributed by atoms with E-state index in [9.17, 15) is 0 Å². The highest BCUT2D eigenvalue weighted by Gasteiger charge is 2.07. The molecule has 0 fully saturated rings. The van der Waals surface area contributed by atoms with Gasteiger partial charge in [0.25, 0.3) is 0 Å². The van der Waals surface area contributed by atoms with Crippen molar-refractivity contribution in [3.63, 3.8) is 0 Å². The van der Waals surface area contributed by atoms with E-state index in [2.05, 4.69) is 12.1 Å². The Morgan fingerprint density at radius 2 is 2.19 bits per heavy atom. The van der Waals surface area contributed by atoms with E-state index in [0.717, 1.165) is 28.8 Å². The fourth-order valence-corrected chi connectivity index (χ4v) is 1.56. The lowest BCUT2D eigenvalue weighted by atomic mass is 10.2. The Labute approximate surface area is 94.1 Å². The second-order valence-corrected chi connectivity index (χ2v) is 3.48. The van der Waals surface area contributed by atoms with E-state index >= 15 is 0 Å². The average Bonchev–Trinajstić information content (AvgIpc) is 2.71. The Kier molecular flexibility index (Phi) is 3.41. The Balaban J connectivity index is 2.17. The van der Waals surface area contributed by atoms with Gasteiger partial charge in [-0.15, -0.1) is 0 Å². The Morgan fingerprint density at radius 1 is 1.31 bits per heavy atom. The van der Waals surface area contributed by atoms with Gasteiger partial charge in [0.2, 0.25) is 0 Å². The van der Waals surface area contributed by atoms with Crippen molar-refractivity contribution in [2.45, 2.75) is 13.3 Å². The second kappa shape index (κ2) is 4.99. The van der Waals surface area contributed by atoms with Gasteiger partial charge in [0.1, 0.15) is 12.4 Å². The Hall–Kier alpha value is -1.55. The molecule has 4 heteroatoms. The standard InChI is InChI=1S/C12H15NO3/c1-3-11-10-5-4-9(15-7-6-14-2)8-12(10)16-13-11/h4-5,8H,3,6-7H2,1-2H3. The minimum atomic E-state index is 0.538. The first-order valence-electron chi connectivity index (χ1n) is 5.35. The van der Waals surface area contributed by atoms with E-state index in [1.807, 2.05) is 18.2 Å². The molecule has 0 unspecified atom stereocenters. The zero-order chi connectivity index (χ0) is 11.4. The van der Waals surface area contributed by atoms with E-state index in [1.165, 1.54) is 0 Å². The summed E-state index contributed by atoms with van der Waals surface area (Å²) >= 11 is 0. The van der Waals surface area contributed by atoms with Gasteiger partial charge in [0, 0.05) is 18.6 Å². The summed E-state index contributed by atoms with van der Waals surface area (Å²) in [5.41, 5.74) is 1.75. The highest BCUT2D eigenvalue weighted by atomic mass is 16.5. The molecule has 0 amide bonds. The molecule has 16 heavy (non-hydrogen) atoms. The lowest BCUT2D eigenvalue weighted by Gasteiger charge is -2.04. The summed E-state index contributed by atoms with van der Waals surface area (Å²) in [7, 11) is 1.65. The van der Waals surface area contributed by atoms with Gasteiger partial charge in [0.05, 0.1) is 12.3 Å². The van der Waals surface area contributed by atoms with Crippen molar-refractivity contribution in [3.05, 3.63) is 23.9 Å². The quantitative estimate of drug-likeness (QED) is 0.727. The van der Waals surface area contributed by atoms with Crippen LogP contribution in [0.3, 0.4) is 0 Å². The molecule has 0 spiro atoms. The highest BCUT2D eigenvalue weighted by Crippen LogP contribution is 2.23. The molecular formula is C12H15NO3. The van der Waals surface area contributed by atoms with Gasteiger partial charge in [0.15, 0.2) is 5.58 Å². The lowest BCUT2D eigenvalue weighted by molar-refractivity contribution is 0.146. The normalized spacial score (nSPS) is 10.9. The molecule has 2 rings (SSSR count). The van der Waals surface area contributed by atoms with Crippen molar-refractivity contribution in [3.8, 4) is 5.75 Å². The minimum absolute atomic E-state index is 0.538. The molecule has 2 aromatic rings. The number of hydrogen-bond donors (Lipinski definition) is 0. The number of ether oxygens (including phenoxy) is 2. The molecule has 86 valence electrons. The zero-order valence-corrected chi connectivity index (χ0v) is 9.53. The molecule has 0 atom stereocenters. The summed E-state index contributed by atoms with van der Waals surface area (Å²) in [6, 6.07) is 5.76.